The van der Waals surface area contributed by atoms with Crippen LogP contribution in [0.15, 0.2) is 443 Å². The van der Waals surface area contributed by atoms with Crippen LogP contribution in [-0.2, 0) is 0 Å². The molecular weight excluding hydrogens is 1620 g/mol. The van der Waals surface area contributed by atoms with Crippen LogP contribution in [-0.4, -0.2) is 53.6 Å². The maximum Gasteiger partial charge on any atom is 0.238 e. The van der Waals surface area contributed by atoms with Gasteiger partial charge in [0.15, 0.2) is 29.1 Å². The predicted octanol–water partition coefficient (Wildman–Crippen LogP) is 30.7. The summed E-state index contributed by atoms with van der Waals surface area (Å²) in [6.07, 6.45) is 0. The quantitative estimate of drug-likeness (QED) is 0.133. The van der Waals surface area contributed by atoms with Crippen LogP contribution in [0.25, 0.3) is 272 Å². The smallest absolute Gasteiger partial charge is 0.238 e. The van der Waals surface area contributed by atoms with Crippen LogP contribution in [0.4, 0.5) is 0 Å². The number of para-hydroxylation sites is 1. The lowest BCUT2D eigenvalue weighted by atomic mass is 9.93. The van der Waals surface area contributed by atoms with E-state index in [2.05, 4.69) is 335 Å². The van der Waals surface area contributed by atoms with E-state index in [1.165, 1.54) is 154 Å². The first kappa shape index (κ1) is 75.1. The fraction of sp³-hybridized carbons (Fsp3) is 0. The van der Waals surface area contributed by atoms with Gasteiger partial charge in [0, 0.05) is 76.8 Å². The predicted molar refractivity (Wildman–Crippen MR) is 546 cm³/mol. The highest BCUT2D eigenvalue weighted by Crippen LogP contribution is 2.54. The van der Waals surface area contributed by atoms with Gasteiger partial charge in [0.05, 0.1) is 44.3 Å². The van der Waals surface area contributed by atoms with Gasteiger partial charge in [0.1, 0.15) is 0 Å². The fourth-order valence-electron chi connectivity index (χ4n) is 21.1. The highest BCUT2D eigenvalue weighted by atomic mass is 15.2. The van der Waals surface area contributed by atoms with Crippen LogP contribution in [0.2, 0.25) is 0 Å². The minimum absolute atomic E-state index is 0.612. The molecule has 0 saturated carbocycles. The number of hydrogen-bond acceptors (Lipinski definition) is 8. The maximum atomic E-state index is 5.36. The SMILES string of the molecule is c1ccc(-c2ccc(-c3nc(-n4c5cccc6c5c5c7c(cccc7ccc54)-c4ccccc4-6)nc4ccccc34)cc2)cc1.c1ccc(-c2nc(-c3ccccc3)nc(-c3cccc(-n4c5cccc6c5c5c7c(cccc7ccc54)-c4ccccc4-6)c3)n2)cc1.c1ccc(-c2nc(-c3ccccc3)nc(-n3c4cccc5c4c4c6c(cccc6ccc43)-c3ccccc3-5)n2)cc1. The van der Waals surface area contributed by atoms with Gasteiger partial charge in [-0.3, -0.25) is 9.13 Å². The first-order valence-corrected chi connectivity index (χ1v) is 45.0. The van der Waals surface area contributed by atoms with E-state index < -0.39 is 0 Å². The summed E-state index contributed by atoms with van der Waals surface area (Å²) in [7, 11) is 0. The minimum Gasteiger partial charge on any atom is -0.309 e. The van der Waals surface area contributed by atoms with Crippen LogP contribution in [0, 0.1) is 0 Å². The van der Waals surface area contributed by atoms with Crippen molar-refractivity contribution in [1.29, 1.82) is 0 Å². The molecule has 616 valence electrons. The molecule has 11 heteroatoms. The van der Waals surface area contributed by atoms with E-state index >= 15 is 0 Å². The van der Waals surface area contributed by atoms with Crippen molar-refractivity contribution in [3.8, 4) is 164 Å². The van der Waals surface area contributed by atoms with Crippen molar-refractivity contribution in [2.75, 3.05) is 0 Å². The standard InChI is InChI=1S/C43H26N4.C42H25N3.C37H22N4/c1-3-12-28(13-4-1)41-44-42(29-14-5-2-6-15-29)46-43(45-41)30-17-9-18-31(26-30)47-36-23-11-22-35-33-20-8-7-19-32(33)34-21-10-16-27-24-25-37(47)40(38(27)34)39(35)36;1-2-10-26(11-3-1)27-20-22-29(23-21-27)41-34-15-6-7-18-35(34)43-42(44-41)45-36-19-9-17-33-31-14-5-4-13-30(31)32-16-8-12-28-24-25-37(45)40(38(28)32)39(33)36;1-3-11-24(12-4-1)35-38-36(25-13-5-2-6-14-25)40-37(39-35)41-30-20-10-19-29-27-17-8-7-16-26(27)28-18-9-15-23-21-22-31(41)34(32(23)28)33(29)30/h1-26H;1-25H;1-22H. The second-order valence-corrected chi connectivity index (χ2v) is 34.3. The van der Waals surface area contributed by atoms with Gasteiger partial charge in [-0.1, -0.05) is 388 Å². The molecule has 20 aromatic carbocycles. The molecule has 0 N–H and O–H groups in total. The van der Waals surface area contributed by atoms with Gasteiger partial charge in [-0.15, -0.1) is 0 Å². The number of nitrogens with zero attached hydrogens (tertiary/aromatic N) is 11. The van der Waals surface area contributed by atoms with Crippen LogP contribution < -0.4 is 0 Å². The molecule has 26 aromatic rings. The van der Waals surface area contributed by atoms with Crippen molar-refractivity contribution in [1.82, 2.24) is 53.6 Å². The molecule has 29 rings (SSSR count). The van der Waals surface area contributed by atoms with Crippen molar-refractivity contribution in [2.24, 2.45) is 0 Å². The van der Waals surface area contributed by atoms with E-state index in [-0.39, 0.29) is 0 Å². The molecule has 3 aliphatic carbocycles. The van der Waals surface area contributed by atoms with Crippen LogP contribution >= 0.6 is 0 Å². The Morgan fingerprint density at radius 3 is 0.835 bits per heavy atom. The summed E-state index contributed by atoms with van der Waals surface area (Å²) in [5, 5.41) is 16.2. The summed E-state index contributed by atoms with van der Waals surface area (Å²) in [5.41, 5.74) is 33.0. The molecule has 0 amide bonds. The van der Waals surface area contributed by atoms with Crippen molar-refractivity contribution >= 4 is 109 Å². The highest BCUT2D eigenvalue weighted by Gasteiger charge is 2.31. The Labute approximate surface area is 763 Å². The largest absolute Gasteiger partial charge is 0.309 e. The van der Waals surface area contributed by atoms with Crippen molar-refractivity contribution in [3.63, 3.8) is 0 Å². The lowest BCUT2D eigenvalue weighted by molar-refractivity contribution is 0.953. The maximum absolute atomic E-state index is 5.36. The highest BCUT2D eigenvalue weighted by molar-refractivity contribution is 6.33. The number of aromatic nitrogens is 11. The van der Waals surface area contributed by atoms with E-state index in [9.17, 15) is 0 Å². The molecular formula is C122H73N11. The Morgan fingerprint density at radius 2 is 0.429 bits per heavy atom. The summed E-state index contributed by atoms with van der Waals surface area (Å²) in [6, 6.07) is 156. The molecule has 6 heterocycles. The van der Waals surface area contributed by atoms with E-state index in [1.54, 1.807) is 0 Å². The molecule has 3 aliphatic rings. The van der Waals surface area contributed by atoms with Gasteiger partial charge < -0.3 is 4.57 Å². The zero-order valence-electron chi connectivity index (χ0n) is 71.6. The molecule has 0 spiro atoms. The van der Waals surface area contributed by atoms with E-state index in [0.29, 0.717) is 41.0 Å². The molecule has 11 nitrogen and oxygen atoms in total. The Morgan fingerprint density at radius 1 is 0.150 bits per heavy atom. The molecule has 0 fully saturated rings. The molecule has 0 unspecified atom stereocenters. The Bertz CT molecular complexity index is 9190. The third-order valence-corrected chi connectivity index (χ3v) is 26.9. The summed E-state index contributed by atoms with van der Waals surface area (Å²) in [6.45, 7) is 0. The van der Waals surface area contributed by atoms with E-state index in [4.69, 9.17) is 39.9 Å². The fourth-order valence-corrected chi connectivity index (χ4v) is 21.1. The zero-order chi connectivity index (χ0) is 87.3. The lowest BCUT2D eigenvalue weighted by Crippen LogP contribution is -2.06. The minimum atomic E-state index is 0.612. The Balaban J connectivity index is 0.000000102. The van der Waals surface area contributed by atoms with Crippen molar-refractivity contribution in [2.45, 2.75) is 0 Å². The van der Waals surface area contributed by atoms with Gasteiger partial charge in [-0.2, -0.15) is 9.97 Å². The molecule has 0 aliphatic heterocycles. The summed E-state index contributed by atoms with van der Waals surface area (Å²) in [4.78, 5) is 40.7. The number of fused-ring (bicyclic) bond motifs is 10. The topological polar surface area (TPSA) is 118 Å². The Hall–Kier alpha value is -18.1. The molecule has 0 bridgehead atoms. The summed E-state index contributed by atoms with van der Waals surface area (Å²) in [5.74, 6) is 4.55. The summed E-state index contributed by atoms with van der Waals surface area (Å²) >= 11 is 0. The van der Waals surface area contributed by atoms with Gasteiger partial charge in [0.25, 0.3) is 0 Å². The van der Waals surface area contributed by atoms with Crippen molar-refractivity contribution < 1.29 is 0 Å². The van der Waals surface area contributed by atoms with Gasteiger partial charge >= 0.3 is 0 Å². The second-order valence-electron chi connectivity index (χ2n) is 34.3. The van der Waals surface area contributed by atoms with E-state index in [0.717, 1.165) is 77.7 Å². The average Bonchev–Trinajstić information content (AvgIpc) is 1.55. The first-order chi connectivity index (χ1) is 66.0. The number of rotatable bonds is 10. The van der Waals surface area contributed by atoms with E-state index in [1.807, 2.05) is 121 Å². The molecule has 0 radical (unpaired) electrons. The summed E-state index contributed by atoms with van der Waals surface area (Å²) < 4.78 is 6.89. The molecule has 6 aromatic heterocycles. The molecule has 0 saturated heterocycles. The Kier molecular flexibility index (Phi) is 17.1. The van der Waals surface area contributed by atoms with Gasteiger partial charge in [0.2, 0.25) is 11.9 Å². The molecule has 0 atom stereocenters. The van der Waals surface area contributed by atoms with Gasteiger partial charge in [-0.25, -0.2) is 29.9 Å². The first-order valence-electron chi connectivity index (χ1n) is 45.0. The number of benzene rings is 20. The van der Waals surface area contributed by atoms with Gasteiger partial charge in [-0.05, 0) is 165 Å². The second kappa shape index (κ2) is 30.3. The van der Waals surface area contributed by atoms with Crippen LogP contribution in [0.3, 0.4) is 0 Å². The third kappa shape index (κ3) is 12.0. The zero-order valence-corrected chi connectivity index (χ0v) is 71.6. The third-order valence-electron chi connectivity index (χ3n) is 26.9. The molecule has 133 heavy (non-hydrogen) atoms. The van der Waals surface area contributed by atoms with Crippen molar-refractivity contribution in [3.05, 3.63) is 443 Å². The average molecular weight is 1690 g/mol. The van der Waals surface area contributed by atoms with Crippen LogP contribution in [0.1, 0.15) is 0 Å². The normalized spacial score (nSPS) is 11.9. The van der Waals surface area contributed by atoms with Crippen LogP contribution in [0.5, 0.6) is 0 Å². The number of hydrogen-bond donors (Lipinski definition) is 0. The monoisotopic (exact) mass is 1690 g/mol. The lowest BCUT2D eigenvalue weighted by Gasteiger charge is -2.14.